The van der Waals surface area contributed by atoms with Gasteiger partial charge >= 0.3 is 0 Å². The van der Waals surface area contributed by atoms with Gasteiger partial charge in [0.25, 0.3) is 0 Å². The van der Waals surface area contributed by atoms with Gasteiger partial charge in [-0.05, 0) is 54.6 Å². The Morgan fingerprint density at radius 3 is 2.88 bits per heavy atom. The van der Waals surface area contributed by atoms with Crippen LogP contribution in [0.25, 0.3) is 28.6 Å². The standard InChI is InChI=1S/C20H13ClN2O3/c21-14-6-8-18-17(12-14)23-20(26-18)13-3-1-4-15(11-13)22-19(24)9-7-16-5-2-10-25-16/h1-12H,(H,22,24)/b9-7+. The number of nitrogens with zero attached hydrogens (tertiary/aromatic N) is 1. The highest BCUT2D eigenvalue weighted by molar-refractivity contribution is 6.31. The molecule has 0 saturated heterocycles. The van der Waals surface area contributed by atoms with E-state index in [9.17, 15) is 4.79 Å². The summed E-state index contributed by atoms with van der Waals surface area (Å²) in [5, 5.41) is 3.40. The molecule has 0 radical (unpaired) electrons. The van der Waals surface area contributed by atoms with Gasteiger partial charge in [-0.1, -0.05) is 17.7 Å². The first-order chi connectivity index (χ1) is 12.7. The number of hydrogen-bond acceptors (Lipinski definition) is 4. The monoisotopic (exact) mass is 364 g/mol. The lowest BCUT2D eigenvalue weighted by Crippen LogP contribution is -2.07. The first-order valence-corrected chi connectivity index (χ1v) is 8.24. The van der Waals surface area contributed by atoms with Crippen molar-refractivity contribution >= 4 is 40.4 Å². The van der Waals surface area contributed by atoms with Crippen molar-refractivity contribution in [3.63, 3.8) is 0 Å². The summed E-state index contributed by atoms with van der Waals surface area (Å²) in [7, 11) is 0. The molecule has 26 heavy (non-hydrogen) atoms. The number of furan rings is 1. The molecule has 4 aromatic rings. The van der Waals surface area contributed by atoms with E-state index in [1.165, 1.54) is 6.08 Å². The predicted molar refractivity (Wildman–Crippen MR) is 101 cm³/mol. The third-order valence-electron chi connectivity index (χ3n) is 3.67. The average molecular weight is 365 g/mol. The van der Waals surface area contributed by atoms with Gasteiger partial charge in [0, 0.05) is 22.3 Å². The van der Waals surface area contributed by atoms with Gasteiger partial charge in [-0.25, -0.2) is 4.98 Å². The lowest BCUT2D eigenvalue weighted by Gasteiger charge is -2.03. The quantitative estimate of drug-likeness (QED) is 0.493. The van der Waals surface area contributed by atoms with Crippen molar-refractivity contribution in [2.24, 2.45) is 0 Å². The van der Waals surface area contributed by atoms with Gasteiger partial charge in [0.2, 0.25) is 11.8 Å². The van der Waals surface area contributed by atoms with Crippen LogP contribution < -0.4 is 5.32 Å². The van der Waals surface area contributed by atoms with E-state index in [0.717, 1.165) is 5.56 Å². The maximum atomic E-state index is 12.0. The molecule has 0 fully saturated rings. The number of hydrogen-bond donors (Lipinski definition) is 1. The number of carbonyl (C=O) groups excluding carboxylic acids is 1. The second-order valence-corrected chi connectivity index (χ2v) is 5.99. The van der Waals surface area contributed by atoms with Crippen LogP contribution >= 0.6 is 11.6 Å². The Morgan fingerprint density at radius 2 is 2.04 bits per heavy atom. The van der Waals surface area contributed by atoms with E-state index < -0.39 is 0 Å². The number of rotatable bonds is 4. The number of carbonyl (C=O) groups is 1. The Morgan fingerprint density at radius 1 is 1.12 bits per heavy atom. The summed E-state index contributed by atoms with van der Waals surface area (Å²) in [6, 6.07) is 16.1. The van der Waals surface area contributed by atoms with Crippen molar-refractivity contribution in [3.05, 3.63) is 77.7 Å². The Bertz CT molecular complexity index is 1100. The van der Waals surface area contributed by atoms with Crippen LogP contribution in [0.5, 0.6) is 0 Å². The van der Waals surface area contributed by atoms with Crippen LogP contribution in [0.4, 0.5) is 5.69 Å². The number of halogens is 1. The average Bonchev–Trinajstić information content (AvgIpc) is 3.29. The molecule has 2 aromatic carbocycles. The maximum absolute atomic E-state index is 12.0. The van der Waals surface area contributed by atoms with Gasteiger partial charge in [0.15, 0.2) is 5.58 Å². The van der Waals surface area contributed by atoms with E-state index in [1.54, 1.807) is 54.8 Å². The van der Waals surface area contributed by atoms with Gasteiger partial charge < -0.3 is 14.2 Å². The van der Waals surface area contributed by atoms with Crippen molar-refractivity contribution in [2.75, 3.05) is 5.32 Å². The highest BCUT2D eigenvalue weighted by atomic mass is 35.5. The molecule has 0 unspecified atom stereocenters. The summed E-state index contributed by atoms with van der Waals surface area (Å²) in [6.45, 7) is 0. The summed E-state index contributed by atoms with van der Waals surface area (Å²) in [5.41, 5.74) is 2.73. The lowest BCUT2D eigenvalue weighted by atomic mass is 10.2. The Hall–Kier alpha value is -3.31. The molecule has 0 bridgehead atoms. The normalized spacial score (nSPS) is 11.3. The lowest BCUT2D eigenvalue weighted by molar-refractivity contribution is -0.111. The molecular weight excluding hydrogens is 352 g/mol. The first-order valence-electron chi connectivity index (χ1n) is 7.86. The van der Waals surface area contributed by atoms with E-state index in [0.29, 0.717) is 33.5 Å². The molecule has 0 spiro atoms. The Labute approximate surface area is 153 Å². The smallest absolute Gasteiger partial charge is 0.248 e. The summed E-state index contributed by atoms with van der Waals surface area (Å²) in [4.78, 5) is 16.5. The minimum absolute atomic E-state index is 0.261. The van der Waals surface area contributed by atoms with Gasteiger partial charge in [-0.2, -0.15) is 0 Å². The largest absolute Gasteiger partial charge is 0.465 e. The fourth-order valence-electron chi connectivity index (χ4n) is 2.48. The van der Waals surface area contributed by atoms with Crippen molar-refractivity contribution in [2.45, 2.75) is 0 Å². The fraction of sp³-hybridized carbons (Fsp3) is 0. The zero-order chi connectivity index (χ0) is 17.9. The molecule has 1 amide bonds. The van der Waals surface area contributed by atoms with Gasteiger partial charge in [0.05, 0.1) is 6.26 Å². The zero-order valence-electron chi connectivity index (χ0n) is 13.5. The fourth-order valence-corrected chi connectivity index (χ4v) is 2.65. The van der Waals surface area contributed by atoms with E-state index in [4.69, 9.17) is 20.4 Å². The number of fused-ring (bicyclic) bond motifs is 1. The molecule has 0 atom stereocenters. The van der Waals surface area contributed by atoms with E-state index in [2.05, 4.69) is 10.3 Å². The summed E-state index contributed by atoms with van der Waals surface area (Å²) < 4.78 is 10.9. The number of anilines is 1. The minimum atomic E-state index is -0.261. The van der Waals surface area contributed by atoms with Crippen LogP contribution in [0.2, 0.25) is 5.02 Å². The van der Waals surface area contributed by atoms with Crippen LogP contribution in [0.3, 0.4) is 0 Å². The maximum Gasteiger partial charge on any atom is 0.248 e. The number of amides is 1. The first kappa shape index (κ1) is 16.2. The summed E-state index contributed by atoms with van der Waals surface area (Å²) in [6.07, 6.45) is 4.56. The van der Waals surface area contributed by atoms with E-state index in [-0.39, 0.29) is 5.91 Å². The predicted octanol–water partition coefficient (Wildman–Crippen LogP) is 5.39. The molecular formula is C20H13ClN2O3. The molecule has 5 nitrogen and oxygen atoms in total. The number of benzene rings is 2. The molecule has 2 heterocycles. The SMILES string of the molecule is O=C(/C=C/c1ccco1)Nc1cccc(-c2nc3cc(Cl)ccc3o2)c1. The van der Waals surface area contributed by atoms with Crippen molar-refractivity contribution < 1.29 is 13.6 Å². The van der Waals surface area contributed by atoms with Crippen molar-refractivity contribution in [1.82, 2.24) is 4.98 Å². The van der Waals surface area contributed by atoms with Gasteiger partial charge in [-0.15, -0.1) is 0 Å². The third kappa shape index (κ3) is 3.53. The van der Waals surface area contributed by atoms with Crippen molar-refractivity contribution in [3.8, 4) is 11.5 Å². The highest BCUT2D eigenvalue weighted by Crippen LogP contribution is 2.27. The Balaban J connectivity index is 1.54. The molecule has 6 heteroatoms. The third-order valence-corrected chi connectivity index (χ3v) is 3.90. The van der Waals surface area contributed by atoms with Crippen LogP contribution in [-0.2, 0) is 4.79 Å². The van der Waals surface area contributed by atoms with E-state index in [1.807, 2.05) is 12.1 Å². The molecule has 2 aromatic heterocycles. The second-order valence-electron chi connectivity index (χ2n) is 5.55. The summed E-state index contributed by atoms with van der Waals surface area (Å²) in [5.74, 6) is 0.812. The van der Waals surface area contributed by atoms with Crippen LogP contribution in [0.15, 0.2) is 75.8 Å². The molecule has 0 aliphatic rings. The van der Waals surface area contributed by atoms with Crippen LogP contribution in [0.1, 0.15) is 5.76 Å². The molecule has 128 valence electrons. The second kappa shape index (κ2) is 6.90. The van der Waals surface area contributed by atoms with Gasteiger partial charge in [0.1, 0.15) is 11.3 Å². The molecule has 0 saturated carbocycles. The van der Waals surface area contributed by atoms with Gasteiger partial charge in [-0.3, -0.25) is 4.79 Å². The van der Waals surface area contributed by atoms with Crippen molar-refractivity contribution in [1.29, 1.82) is 0 Å². The molecule has 0 aliphatic heterocycles. The van der Waals surface area contributed by atoms with E-state index >= 15 is 0 Å². The minimum Gasteiger partial charge on any atom is -0.465 e. The molecule has 0 aliphatic carbocycles. The number of aromatic nitrogens is 1. The van der Waals surface area contributed by atoms with Crippen LogP contribution in [-0.4, -0.2) is 10.9 Å². The number of oxazole rings is 1. The Kier molecular flexibility index (Phi) is 4.29. The molecule has 1 N–H and O–H groups in total. The summed E-state index contributed by atoms with van der Waals surface area (Å²) >= 11 is 5.98. The molecule has 4 rings (SSSR count). The number of nitrogens with one attached hydrogen (secondary N) is 1. The zero-order valence-corrected chi connectivity index (χ0v) is 14.2. The topological polar surface area (TPSA) is 68.3 Å². The highest BCUT2D eigenvalue weighted by Gasteiger charge is 2.09. The van der Waals surface area contributed by atoms with Crippen LogP contribution in [0, 0.1) is 0 Å².